The van der Waals surface area contributed by atoms with E-state index in [0.29, 0.717) is 5.56 Å². The quantitative estimate of drug-likeness (QED) is 0.887. The van der Waals surface area contributed by atoms with Gasteiger partial charge in [-0.2, -0.15) is 9.40 Å². The first kappa shape index (κ1) is 15.6. The van der Waals surface area contributed by atoms with E-state index in [1.54, 1.807) is 24.1 Å². The number of hydrogen-bond acceptors (Lipinski definition) is 4. The summed E-state index contributed by atoms with van der Waals surface area (Å²) in [4.78, 5) is -0.364. The second-order valence-electron chi connectivity index (χ2n) is 4.75. The van der Waals surface area contributed by atoms with Crippen molar-refractivity contribution in [3.8, 4) is 0 Å². The molecule has 0 atom stereocenters. The predicted molar refractivity (Wildman–Crippen MR) is 76.2 cm³/mol. The van der Waals surface area contributed by atoms with E-state index in [2.05, 4.69) is 5.10 Å². The molecule has 0 bridgehead atoms. The number of benzene rings is 1. The highest BCUT2D eigenvalue weighted by Gasteiger charge is 2.25. The molecular weight excluding hydrogens is 295 g/mol. The van der Waals surface area contributed by atoms with E-state index in [4.69, 9.17) is 5.73 Å². The first-order valence-corrected chi connectivity index (χ1v) is 7.71. The molecule has 6 nitrogen and oxygen atoms in total. The Labute approximate surface area is 123 Å². The van der Waals surface area contributed by atoms with Crippen LogP contribution < -0.4 is 5.73 Å². The molecule has 0 aliphatic heterocycles. The summed E-state index contributed by atoms with van der Waals surface area (Å²) in [6, 6.07) is 3.85. The maximum absolute atomic E-state index is 13.8. The Balaban J connectivity index is 2.32. The highest BCUT2D eigenvalue weighted by molar-refractivity contribution is 7.89. The van der Waals surface area contributed by atoms with Crippen molar-refractivity contribution < 1.29 is 12.8 Å². The number of halogens is 1. The minimum absolute atomic E-state index is 0.114. The molecule has 0 amide bonds. The van der Waals surface area contributed by atoms with E-state index in [0.717, 1.165) is 15.9 Å². The Morgan fingerprint density at radius 1 is 1.38 bits per heavy atom. The van der Waals surface area contributed by atoms with Crippen molar-refractivity contribution >= 4 is 10.0 Å². The predicted octanol–water partition coefficient (Wildman–Crippen LogP) is 0.839. The second kappa shape index (κ2) is 5.92. The topological polar surface area (TPSA) is 81.2 Å². The Kier molecular flexibility index (Phi) is 4.40. The summed E-state index contributed by atoms with van der Waals surface area (Å²) in [5, 5.41) is 3.97. The molecule has 0 fully saturated rings. The molecular formula is C13H17FN4O2S. The van der Waals surface area contributed by atoms with Crippen LogP contribution in [0.15, 0.2) is 35.5 Å². The third-order valence-electron chi connectivity index (χ3n) is 3.08. The van der Waals surface area contributed by atoms with Crippen LogP contribution in [0, 0.1) is 5.82 Å². The summed E-state index contributed by atoms with van der Waals surface area (Å²) in [5.74, 6) is -0.787. The molecule has 0 unspecified atom stereocenters. The molecule has 0 spiro atoms. The normalized spacial score (nSPS) is 12.0. The molecule has 1 aromatic carbocycles. The van der Waals surface area contributed by atoms with E-state index in [1.807, 2.05) is 0 Å². The van der Waals surface area contributed by atoms with Crippen molar-refractivity contribution in [1.82, 2.24) is 14.1 Å². The van der Waals surface area contributed by atoms with Crippen LogP contribution in [-0.2, 0) is 30.2 Å². The average molecular weight is 312 g/mol. The van der Waals surface area contributed by atoms with Gasteiger partial charge in [0.25, 0.3) is 0 Å². The van der Waals surface area contributed by atoms with Gasteiger partial charge in [0.1, 0.15) is 10.7 Å². The lowest BCUT2D eigenvalue weighted by Crippen LogP contribution is -2.27. The lowest BCUT2D eigenvalue weighted by molar-refractivity contribution is 0.459. The van der Waals surface area contributed by atoms with Crippen LogP contribution in [-0.4, -0.2) is 29.6 Å². The molecule has 1 aromatic heterocycles. The smallest absolute Gasteiger partial charge is 0.246 e. The van der Waals surface area contributed by atoms with Crippen molar-refractivity contribution in [1.29, 1.82) is 0 Å². The van der Waals surface area contributed by atoms with E-state index in [9.17, 15) is 12.8 Å². The van der Waals surface area contributed by atoms with Gasteiger partial charge in [-0.05, 0) is 17.7 Å². The van der Waals surface area contributed by atoms with Crippen molar-refractivity contribution in [2.75, 3.05) is 7.05 Å². The molecule has 0 saturated heterocycles. The Morgan fingerprint density at radius 2 is 2.10 bits per heavy atom. The molecule has 8 heteroatoms. The standard InChI is InChI=1S/C13H17FN4O2S/c1-17-8-11(7-16-17)9-18(2)21(19,20)13-5-10(6-15)3-4-12(13)14/h3-5,7-8H,6,9,15H2,1-2H3. The maximum atomic E-state index is 13.8. The van der Waals surface area contributed by atoms with E-state index >= 15 is 0 Å². The molecule has 21 heavy (non-hydrogen) atoms. The van der Waals surface area contributed by atoms with Crippen molar-refractivity contribution in [3.05, 3.63) is 47.5 Å². The highest BCUT2D eigenvalue weighted by Crippen LogP contribution is 2.21. The van der Waals surface area contributed by atoms with Gasteiger partial charge in [0.05, 0.1) is 6.20 Å². The maximum Gasteiger partial charge on any atom is 0.246 e. The molecule has 1 heterocycles. The summed E-state index contributed by atoms with van der Waals surface area (Å²) in [6.07, 6.45) is 3.28. The van der Waals surface area contributed by atoms with Crippen LogP contribution in [0.1, 0.15) is 11.1 Å². The largest absolute Gasteiger partial charge is 0.326 e. The highest BCUT2D eigenvalue weighted by atomic mass is 32.2. The number of aromatic nitrogens is 2. The average Bonchev–Trinajstić information content (AvgIpc) is 2.84. The zero-order valence-electron chi connectivity index (χ0n) is 11.8. The zero-order chi connectivity index (χ0) is 15.6. The fourth-order valence-corrected chi connectivity index (χ4v) is 3.21. The summed E-state index contributed by atoms with van der Waals surface area (Å²) in [6.45, 7) is 0.261. The monoisotopic (exact) mass is 312 g/mol. The van der Waals surface area contributed by atoms with Crippen LogP contribution in [0.4, 0.5) is 4.39 Å². The first-order chi connectivity index (χ1) is 9.84. The number of hydrogen-bond donors (Lipinski definition) is 1. The van der Waals surface area contributed by atoms with Crippen LogP contribution in [0.2, 0.25) is 0 Å². The van der Waals surface area contributed by atoms with Crippen molar-refractivity contribution in [3.63, 3.8) is 0 Å². The lowest BCUT2D eigenvalue weighted by atomic mass is 10.2. The van der Waals surface area contributed by atoms with Gasteiger partial charge in [-0.1, -0.05) is 6.07 Å². The van der Waals surface area contributed by atoms with Crippen LogP contribution >= 0.6 is 0 Å². The Morgan fingerprint density at radius 3 is 2.67 bits per heavy atom. The van der Waals surface area contributed by atoms with E-state index < -0.39 is 15.8 Å². The molecule has 2 N–H and O–H groups in total. The van der Waals surface area contributed by atoms with Gasteiger partial charge in [0, 0.05) is 38.9 Å². The van der Waals surface area contributed by atoms with E-state index in [-0.39, 0.29) is 18.0 Å². The number of nitrogens with two attached hydrogens (primary N) is 1. The zero-order valence-corrected chi connectivity index (χ0v) is 12.6. The Hall–Kier alpha value is -1.77. The molecule has 0 aliphatic rings. The molecule has 114 valence electrons. The third kappa shape index (κ3) is 3.29. The van der Waals surface area contributed by atoms with Crippen molar-refractivity contribution in [2.24, 2.45) is 12.8 Å². The Bertz CT molecular complexity index is 742. The molecule has 0 aliphatic carbocycles. The van der Waals surface area contributed by atoms with Gasteiger partial charge in [-0.25, -0.2) is 12.8 Å². The first-order valence-electron chi connectivity index (χ1n) is 6.27. The second-order valence-corrected chi connectivity index (χ2v) is 6.77. The summed E-state index contributed by atoms with van der Waals surface area (Å²) in [5.41, 5.74) is 6.75. The van der Waals surface area contributed by atoms with Crippen LogP contribution in [0.5, 0.6) is 0 Å². The fraction of sp³-hybridized carbons (Fsp3) is 0.308. The lowest BCUT2D eigenvalue weighted by Gasteiger charge is -2.17. The number of rotatable bonds is 5. The third-order valence-corrected chi connectivity index (χ3v) is 4.90. The minimum atomic E-state index is -3.93. The fourth-order valence-electron chi connectivity index (χ4n) is 1.94. The SMILES string of the molecule is CN(Cc1cnn(C)c1)S(=O)(=O)c1cc(CN)ccc1F. The minimum Gasteiger partial charge on any atom is -0.326 e. The summed E-state index contributed by atoms with van der Waals surface area (Å²) < 4.78 is 41.4. The van der Waals surface area contributed by atoms with Crippen LogP contribution in [0.3, 0.4) is 0 Å². The number of aryl methyl sites for hydroxylation is 1. The number of sulfonamides is 1. The van der Waals surface area contributed by atoms with Gasteiger partial charge in [0.2, 0.25) is 10.0 Å². The molecule has 2 rings (SSSR count). The molecule has 0 saturated carbocycles. The van der Waals surface area contributed by atoms with Crippen LogP contribution in [0.25, 0.3) is 0 Å². The van der Waals surface area contributed by atoms with Gasteiger partial charge in [-0.3, -0.25) is 4.68 Å². The summed E-state index contributed by atoms with van der Waals surface area (Å²) in [7, 11) is -0.787. The van der Waals surface area contributed by atoms with Gasteiger partial charge in [-0.15, -0.1) is 0 Å². The summed E-state index contributed by atoms with van der Waals surface area (Å²) >= 11 is 0. The number of nitrogens with zero attached hydrogens (tertiary/aromatic N) is 3. The van der Waals surface area contributed by atoms with Gasteiger partial charge < -0.3 is 5.73 Å². The molecule has 0 radical (unpaired) electrons. The molecule has 2 aromatic rings. The van der Waals surface area contributed by atoms with Crippen molar-refractivity contribution in [2.45, 2.75) is 18.0 Å². The van der Waals surface area contributed by atoms with Gasteiger partial charge >= 0.3 is 0 Å². The van der Waals surface area contributed by atoms with E-state index in [1.165, 1.54) is 19.2 Å². The van der Waals surface area contributed by atoms with Gasteiger partial charge in [0.15, 0.2) is 0 Å².